The fourth-order valence-corrected chi connectivity index (χ4v) is 1.64. The molecule has 0 amide bonds. The minimum absolute atomic E-state index is 0.144. The van der Waals surface area contributed by atoms with Crippen LogP contribution in [0.25, 0.3) is 11.0 Å². The lowest BCUT2D eigenvalue weighted by Gasteiger charge is -2.06. The van der Waals surface area contributed by atoms with Crippen molar-refractivity contribution in [3.8, 4) is 11.5 Å². The average molecular weight is 264 g/mol. The van der Waals surface area contributed by atoms with Crippen molar-refractivity contribution in [1.82, 2.24) is 0 Å². The van der Waals surface area contributed by atoms with Gasteiger partial charge in [0, 0.05) is 12.1 Å². The van der Waals surface area contributed by atoms with Crippen molar-refractivity contribution in [2.24, 2.45) is 0 Å². The van der Waals surface area contributed by atoms with Crippen LogP contribution in [0, 0.1) is 0 Å². The van der Waals surface area contributed by atoms with Crippen LogP contribution in [0.4, 0.5) is 0 Å². The van der Waals surface area contributed by atoms with Gasteiger partial charge in [-0.3, -0.25) is 4.79 Å². The Hall–Kier alpha value is -2.50. The normalized spacial score (nSPS) is 10.4. The molecule has 0 saturated heterocycles. The summed E-state index contributed by atoms with van der Waals surface area (Å²) in [4.78, 5) is 23.4. The first-order valence-corrected chi connectivity index (χ1v) is 5.58. The van der Waals surface area contributed by atoms with Gasteiger partial charge in [0.2, 0.25) is 5.76 Å². The number of rotatable bonds is 3. The lowest BCUT2D eigenvalue weighted by atomic mass is 10.2. The van der Waals surface area contributed by atoms with E-state index in [0.29, 0.717) is 0 Å². The second kappa shape index (κ2) is 5.01. The second-order valence-electron chi connectivity index (χ2n) is 3.72. The summed E-state index contributed by atoms with van der Waals surface area (Å²) in [6, 6.07) is 3.61. The number of phenolic OH excluding ortho intramolecular Hbond substituents is 1. The second-order valence-corrected chi connectivity index (χ2v) is 3.72. The molecule has 1 aromatic carbocycles. The van der Waals surface area contributed by atoms with Crippen LogP contribution in [0.1, 0.15) is 17.5 Å². The number of hydrogen-bond acceptors (Lipinski definition) is 6. The van der Waals surface area contributed by atoms with Gasteiger partial charge in [-0.15, -0.1) is 0 Å². The molecule has 0 atom stereocenters. The summed E-state index contributed by atoms with van der Waals surface area (Å²) in [6.07, 6.45) is 0. The third-order valence-electron chi connectivity index (χ3n) is 2.51. The average Bonchev–Trinajstić information content (AvgIpc) is 2.39. The molecule has 0 aliphatic heterocycles. The Bertz CT molecular complexity index is 685. The van der Waals surface area contributed by atoms with E-state index in [2.05, 4.69) is 0 Å². The Morgan fingerprint density at radius 3 is 2.74 bits per heavy atom. The van der Waals surface area contributed by atoms with Gasteiger partial charge in [-0.05, 0) is 13.0 Å². The molecule has 2 aromatic rings. The van der Waals surface area contributed by atoms with Crippen molar-refractivity contribution in [3.63, 3.8) is 0 Å². The molecule has 1 heterocycles. The number of aromatic hydroxyl groups is 1. The van der Waals surface area contributed by atoms with Gasteiger partial charge in [0.25, 0.3) is 0 Å². The maximum absolute atomic E-state index is 11.8. The van der Waals surface area contributed by atoms with Gasteiger partial charge < -0.3 is 19.0 Å². The van der Waals surface area contributed by atoms with Crippen LogP contribution in [0.3, 0.4) is 0 Å². The van der Waals surface area contributed by atoms with Crippen molar-refractivity contribution in [3.05, 3.63) is 34.2 Å². The van der Waals surface area contributed by atoms with Crippen LogP contribution >= 0.6 is 0 Å². The summed E-state index contributed by atoms with van der Waals surface area (Å²) in [5.74, 6) is -0.927. The molecule has 6 heteroatoms. The summed E-state index contributed by atoms with van der Waals surface area (Å²) < 4.78 is 15.0. The van der Waals surface area contributed by atoms with Crippen LogP contribution in [0.2, 0.25) is 0 Å². The van der Waals surface area contributed by atoms with Gasteiger partial charge in [0.15, 0.2) is 16.9 Å². The Labute approximate surface area is 108 Å². The molecule has 0 unspecified atom stereocenters. The Morgan fingerprint density at radius 1 is 1.37 bits per heavy atom. The smallest absolute Gasteiger partial charge is 0.374 e. The molecule has 0 bridgehead atoms. The molecule has 19 heavy (non-hydrogen) atoms. The van der Waals surface area contributed by atoms with E-state index in [9.17, 15) is 14.7 Å². The van der Waals surface area contributed by atoms with Gasteiger partial charge >= 0.3 is 5.97 Å². The van der Waals surface area contributed by atoms with Gasteiger partial charge in [-0.2, -0.15) is 0 Å². The zero-order valence-electron chi connectivity index (χ0n) is 10.4. The molecule has 0 radical (unpaired) electrons. The Balaban J connectivity index is 2.65. The molecule has 2 rings (SSSR count). The minimum Gasteiger partial charge on any atom is -0.504 e. The van der Waals surface area contributed by atoms with E-state index in [1.165, 1.54) is 19.2 Å². The van der Waals surface area contributed by atoms with E-state index in [1.54, 1.807) is 6.92 Å². The van der Waals surface area contributed by atoms with Crippen LogP contribution in [0.5, 0.6) is 11.5 Å². The monoisotopic (exact) mass is 264 g/mol. The fourth-order valence-electron chi connectivity index (χ4n) is 1.64. The standard InChI is InChI=1S/C13H12O6/c1-3-18-13(16)12-5-8(14)7-4-9(15)11(17-2)6-10(7)19-12/h4-6,15H,3H2,1-2H3. The number of ether oxygens (including phenoxy) is 2. The summed E-state index contributed by atoms with van der Waals surface area (Å²) in [6.45, 7) is 1.83. The highest BCUT2D eigenvalue weighted by Crippen LogP contribution is 2.30. The molecule has 0 saturated carbocycles. The molecule has 1 aromatic heterocycles. The number of phenols is 1. The highest BCUT2D eigenvalue weighted by molar-refractivity contribution is 5.89. The predicted molar refractivity (Wildman–Crippen MR) is 66.7 cm³/mol. The van der Waals surface area contributed by atoms with E-state index < -0.39 is 11.4 Å². The Kier molecular flexibility index (Phi) is 3.41. The topological polar surface area (TPSA) is 86.0 Å². The third kappa shape index (κ3) is 2.37. The summed E-state index contributed by atoms with van der Waals surface area (Å²) >= 11 is 0. The van der Waals surface area contributed by atoms with Crippen LogP contribution in [0.15, 0.2) is 27.4 Å². The molecule has 0 spiro atoms. The molecule has 0 aliphatic carbocycles. The van der Waals surface area contributed by atoms with Gasteiger partial charge in [0.05, 0.1) is 19.1 Å². The number of hydrogen-bond donors (Lipinski definition) is 1. The molecule has 1 N–H and O–H groups in total. The number of esters is 1. The highest BCUT2D eigenvalue weighted by atomic mass is 16.5. The van der Waals surface area contributed by atoms with E-state index in [-0.39, 0.29) is 34.8 Å². The van der Waals surface area contributed by atoms with Crippen molar-refractivity contribution in [1.29, 1.82) is 0 Å². The molecule has 6 nitrogen and oxygen atoms in total. The van der Waals surface area contributed by atoms with E-state index in [0.717, 1.165) is 6.07 Å². The zero-order chi connectivity index (χ0) is 14.0. The maximum Gasteiger partial charge on any atom is 0.374 e. The zero-order valence-corrected chi connectivity index (χ0v) is 10.4. The largest absolute Gasteiger partial charge is 0.504 e. The van der Waals surface area contributed by atoms with Crippen molar-refractivity contribution >= 4 is 16.9 Å². The van der Waals surface area contributed by atoms with E-state index in [4.69, 9.17) is 13.9 Å². The maximum atomic E-state index is 11.8. The van der Waals surface area contributed by atoms with E-state index >= 15 is 0 Å². The van der Waals surface area contributed by atoms with Gasteiger partial charge in [0.1, 0.15) is 5.58 Å². The molecular weight excluding hydrogens is 252 g/mol. The highest BCUT2D eigenvalue weighted by Gasteiger charge is 2.15. The summed E-state index contributed by atoms with van der Waals surface area (Å²) in [7, 11) is 1.37. The van der Waals surface area contributed by atoms with Crippen molar-refractivity contribution in [2.45, 2.75) is 6.92 Å². The lowest BCUT2D eigenvalue weighted by Crippen LogP contribution is -2.10. The molecule has 100 valence electrons. The van der Waals surface area contributed by atoms with Crippen LogP contribution in [-0.4, -0.2) is 24.8 Å². The SMILES string of the molecule is CCOC(=O)c1cc(=O)c2cc(O)c(OC)cc2o1. The molecule has 0 aliphatic rings. The number of fused-ring (bicyclic) bond motifs is 1. The number of benzene rings is 1. The van der Waals surface area contributed by atoms with Crippen LogP contribution in [-0.2, 0) is 4.74 Å². The van der Waals surface area contributed by atoms with Gasteiger partial charge in [-0.1, -0.05) is 0 Å². The first-order chi connectivity index (χ1) is 9.06. The first-order valence-electron chi connectivity index (χ1n) is 5.58. The van der Waals surface area contributed by atoms with Crippen LogP contribution < -0.4 is 10.2 Å². The van der Waals surface area contributed by atoms with E-state index in [1.807, 2.05) is 0 Å². The first kappa shape index (κ1) is 12.9. The van der Waals surface area contributed by atoms with Crippen molar-refractivity contribution in [2.75, 3.05) is 13.7 Å². The number of carbonyl (C=O) groups excluding carboxylic acids is 1. The summed E-state index contributed by atoms with van der Waals surface area (Å²) in [5.41, 5.74) is -0.299. The predicted octanol–water partition coefficient (Wildman–Crippen LogP) is 1.68. The van der Waals surface area contributed by atoms with Crippen molar-refractivity contribution < 1.29 is 23.8 Å². The Morgan fingerprint density at radius 2 is 2.11 bits per heavy atom. The lowest BCUT2D eigenvalue weighted by molar-refractivity contribution is 0.0490. The minimum atomic E-state index is -0.714. The number of carbonyl (C=O) groups is 1. The number of methoxy groups -OCH3 is 1. The third-order valence-corrected chi connectivity index (χ3v) is 2.51. The molecular formula is C13H12O6. The van der Waals surface area contributed by atoms with Gasteiger partial charge in [-0.25, -0.2) is 4.79 Å². The summed E-state index contributed by atoms with van der Waals surface area (Å²) in [5, 5.41) is 9.76. The molecule has 0 fully saturated rings. The quantitative estimate of drug-likeness (QED) is 0.849. The fraction of sp³-hybridized carbons (Fsp3) is 0.231.